The van der Waals surface area contributed by atoms with Crippen molar-refractivity contribution in [3.8, 4) is 0 Å². The monoisotopic (exact) mass is 242 g/mol. The van der Waals surface area contributed by atoms with E-state index >= 15 is 0 Å². The van der Waals surface area contributed by atoms with E-state index in [0.29, 0.717) is 16.8 Å². The zero-order valence-electron chi connectivity index (χ0n) is 8.25. The molecule has 7 heteroatoms. The highest BCUT2D eigenvalue weighted by Gasteiger charge is 2.21. The molecule has 1 aromatic heterocycles. The topological polar surface area (TPSA) is 106 Å². The fraction of sp³-hybridized carbons (Fsp3) is 0.222. The normalized spacial score (nSPS) is 12.1. The minimum atomic E-state index is -3.65. The zero-order chi connectivity index (χ0) is 11.8. The van der Waals surface area contributed by atoms with Crippen molar-refractivity contribution in [2.45, 2.75) is 5.22 Å². The van der Waals surface area contributed by atoms with Crippen molar-refractivity contribution in [3.63, 3.8) is 0 Å². The van der Waals surface area contributed by atoms with Crippen molar-refractivity contribution in [1.82, 2.24) is 4.98 Å². The highest BCUT2D eigenvalue weighted by Crippen LogP contribution is 2.21. The first kappa shape index (κ1) is 10.9. The van der Waals surface area contributed by atoms with Crippen molar-refractivity contribution in [3.05, 3.63) is 18.2 Å². The first-order chi connectivity index (χ1) is 7.53. The maximum atomic E-state index is 11.5. The van der Waals surface area contributed by atoms with Crippen LogP contribution in [0.3, 0.4) is 0 Å². The van der Waals surface area contributed by atoms with Crippen LogP contribution in [0.25, 0.3) is 11.1 Å². The summed E-state index contributed by atoms with van der Waals surface area (Å²) < 4.78 is 28.2. The molecule has 0 amide bonds. The van der Waals surface area contributed by atoms with Gasteiger partial charge in [-0.05, 0) is 12.1 Å². The Hall–Kier alpha value is -1.60. The van der Waals surface area contributed by atoms with Gasteiger partial charge in [-0.2, -0.15) is 4.98 Å². The van der Waals surface area contributed by atoms with Crippen LogP contribution in [0.2, 0.25) is 0 Å². The Kier molecular flexibility index (Phi) is 2.56. The van der Waals surface area contributed by atoms with Crippen LogP contribution in [-0.2, 0) is 9.84 Å². The average Bonchev–Trinajstić information content (AvgIpc) is 2.61. The van der Waals surface area contributed by atoms with Gasteiger partial charge in [-0.25, -0.2) is 8.42 Å². The van der Waals surface area contributed by atoms with Gasteiger partial charge in [0.15, 0.2) is 5.58 Å². The summed E-state index contributed by atoms with van der Waals surface area (Å²) in [5.74, 6) is -0.407. The molecular formula is C9H10N2O4S. The van der Waals surface area contributed by atoms with Crippen LogP contribution in [0.4, 0.5) is 5.69 Å². The molecule has 0 radical (unpaired) electrons. The zero-order valence-corrected chi connectivity index (χ0v) is 9.07. The Balaban J connectivity index is 2.55. The molecule has 0 atom stereocenters. The second kappa shape index (κ2) is 3.76. The van der Waals surface area contributed by atoms with Gasteiger partial charge in [-0.15, -0.1) is 0 Å². The van der Waals surface area contributed by atoms with Crippen molar-refractivity contribution in [2.75, 3.05) is 18.1 Å². The van der Waals surface area contributed by atoms with E-state index in [0.717, 1.165) is 0 Å². The lowest BCUT2D eigenvalue weighted by Gasteiger charge is -1.93. The van der Waals surface area contributed by atoms with Crippen molar-refractivity contribution >= 4 is 26.6 Å². The summed E-state index contributed by atoms with van der Waals surface area (Å²) in [6.07, 6.45) is 0. The van der Waals surface area contributed by atoms with E-state index in [-0.39, 0.29) is 5.22 Å². The number of anilines is 1. The van der Waals surface area contributed by atoms with Crippen LogP contribution < -0.4 is 5.73 Å². The number of nitrogens with zero attached hydrogens (tertiary/aromatic N) is 1. The average molecular weight is 242 g/mol. The third-order valence-corrected chi connectivity index (χ3v) is 3.45. The van der Waals surface area contributed by atoms with Crippen LogP contribution in [0.1, 0.15) is 0 Å². The summed E-state index contributed by atoms with van der Waals surface area (Å²) in [7, 11) is -3.65. The van der Waals surface area contributed by atoms with Crippen molar-refractivity contribution in [2.24, 2.45) is 0 Å². The molecule has 6 nitrogen and oxygen atoms in total. The number of aliphatic hydroxyl groups excluding tert-OH is 1. The van der Waals surface area contributed by atoms with Gasteiger partial charge < -0.3 is 15.3 Å². The Morgan fingerprint density at radius 1 is 1.44 bits per heavy atom. The van der Waals surface area contributed by atoms with Crippen LogP contribution in [-0.4, -0.2) is 30.9 Å². The largest absolute Gasteiger partial charge is 0.428 e. The molecule has 2 rings (SSSR count). The molecule has 0 bridgehead atoms. The fourth-order valence-corrected chi connectivity index (χ4v) is 2.13. The van der Waals surface area contributed by atoms with E-state index in [1.165, 1.54) is 6.07 Å². The first-order valence-electron chi connectivity index (χ1n) is 4.52. The lowest BCUT2D eigenvalue weighted by Crippen LogP contribution is -2.10. The number of hydrogen-bond donors (Lipinski definition) is 2. The molecule has 1 aromatic carbocycles. The van der Waals surface area contributed by atoms with Crippen LogP contribution in [0.15, 0.2) is 27.8 Å². The van der Waals surface area contributed by atoms with E-state index in [1.54, 1.807) is 12.1 Å². The molecule has 3 N–H and O–H groups in total. The molecule has 86 valence electrons. The smallest absolute Gasteiger partial charge is 0.316 e. The Morgan fingerprint density at radius 3 is 2.88 bits per heavy atom. The third-order valence-electron chi connectivity index (χ3n) is 2.02. The quantitative estimate of drug-likeness (QED) is 0.743. The molecule has 16 heavy (non-hydrogen) atoms. The standard InChI is InChI=1S/C9H10N2O4S/c10-6-1-2-7-8(5-6)15-9(11-7)16(13,14)4-3-12/h1-2,5,12H,3-4,10H2. The second-order valence-electron chi connectivity index (χ2n) is 3.25. The second-order valence-corrected chi connectivity index (χ2v) is 5.24. The molecule has 0 unspecified atom stereocenters. The van der Waals surface area contributed by atoms with Crippen LogP contribution in [0.5, 0.6) is 0 Å². The fourth-order valence-electron chi connectivity index (χ4n) is 1.26. The third kappa shape index (κ3) is 1.86. The minimum Gasteiger partial charge on any atom is -0.428 e. The first-order valence-corrected chi connectivity index (χ1v) is 6.18. The SMILES string of the molecule is Nc1ccc2nc(S(=O)(=O)CCO)oc2c1. The molecule has 0 spiro atoms. The number of aromatic nitrogens is 1. The van der Waals surface area contributed by atoms with E-state index in [9.17, 15) is 8.42 Å². The predicted molar refractivity (Wildman–Crippen MR) is 57.6 cm³/mol. The Bertz CT molecular complexity index is 617. The van der Waals surface area contributed by atoms with Gasteiger partial charge >= 0.3 is 5.22 Å². The Morgan fingerprint density at radius 2 is 2.19 bits per heavy atom. The van der Waals surface area contributed by atoms with Gasteiger partial charge in [0.25, 0.3) is 0 Å². The van der Waals surface area contributed by atoms with E-state index < -0.39 is 22.2 Å². The van der Waals surface area contributed by atoms with Crippen molar-refractivity contribution in [1.29, 1.82) is 0 Å². The van der Waals surface area contributed by atoms with Crippen molar-refractivity contribution < 1.29 is 17.9 Å². The molecule has 2 aromatic rings. The lowest BCUT2D eigenvalue weighted by molar-refractivity contribution is 0.318. The number of fused-ring (bicyclic) bond motifs is 1. The molecule has 0 aliphatic carbocycles. The van der Waals surface area contributed by atoms with Gasteiger partial charge in [0, 0.05) is 11.8 Å². The van der Waals surface area contributed by atoms with E-state index in [4.69, 9.17) is 15.3 Å². The Labute approximate surface area is 91.6 Å². The molecule has 0 saturated carbocycles. The summed E-state index contributed by atoms with van der Waals surface area (Å²) in [6.45, 7) is -0.469. The highest BCUT2D eigenvalue weighted by molar-refractivity contribution is 7.91. The van der Waals surface area contributed by atoms with E-state index in [1.807, 2.05) is 0 Å². The molecule has 0 saturated heterocycles. The molecular weight excluding hydrogens is 232 g/mol. The molecule has 1 heterocycles. The highest BCUT2D eigenvalue weighted by atomic mass is 32.2. The number of nitrogens with two attached hydrogens (primary N) is 1. The number of sulfone groups is 1. The summed E-state index contributed by atoms with van der Waals surface area (Å²) in [6, 6.07) is 4.68. The van der Waals surface area contributed by atoms with Gasteiger partial charge in [-0.3, -0.25) is 0 Å². The van der Waals surface area contributed by atoms with Gasteiger partial charge in [0.05, 0.1) is 12.4 Å². The van der Waals surface area contributed by atoms with Gasteiger partial charge in [0.1, 0.15) is 5.52 Å². The number of hydrogen-bond acceptors (Lipinski definition) is 6. The summed E-state index contributed by atoms with van der Waals surface area (Å²) in [4.78, 5) is 3.82. The maximum absolute atomic E-state index is 11.5. The summed E-state index contributed by atoms with van der Waals surface area (Å²) in [5.41, 5.74) is 6.73. The molecule has 0 aliphatic rings. The number of benzene rings is 1. The number of aliphatic hydroxyl groups is 1. The molecule has 0 aliphatic heterocycles. The minimum absolute atomic E-state index is 0.316. The number of nitrogen functional groups attached to an aromatic ring is 1. The van der Waals surface area contributed by atoms with Gasteiger partial charge in [-0.1, -0.05) is 0 Å². The maximum Gasteiger partial charge on any atom is 0.316 e. The van der Waals surface area contributed by atoms with Crippen LogP contribution in [0, 0.1) is 0 Å². The predicted octanol–water partition coefficient (Wildman–Crippen LogP) is 0.176. The van der Waals surface area contributed by atoms with E-state index in [2.05, 4.69) is 4.98 Å². The van der Waals surface area contributed by atoms with Gasteiger partial charge in [0.2, 0.25) is 9.84 Å². The number of rotatable bonds is 3. The lowest BCUT2D eigenvalue weighted by atomic mass is 10.3. The summed E-state index contributed by atoms with van der Waals surface area (Å²) in [5, 5.41) is 8.23. The number of oxazole rings is 1. The van der Waals surface area contributed by atoms with Crippen LogP contribution >= 0.6 is 0 Å². The molecule has 0 fully saturated rings. The summed E-state index contributed by atoms with van der Waals surface area (Å²) >= 11 is 0.